The summed E-state index contributed by atoms with van der Waals surface area (Å²) >= 11 is 1.56. The Morgan fingerprint density at radius 1 is 1.09 bits per heavy atom. The van der Waals surface area contributed by atoms with Crippen LogP contribution < -0.4 is 5.32 Å². The Bertz CT molecular complexity index is 1100. The molecule has 2 saturated heterocycles. The second-order valence-electron chi connectivity index (χ2n) is 8.47. The molecule has 0 atom stereocenters. The highest BCUT2D eigenvalue weighted by molar-refractivity contribution is 7.14. The van der Waals surface area contributed by atoms with E-state index in [-0.39, 0.29) is 11.8 Å². The van der Waals surface area contributed by atoms with E-state index in [1.807, 2.05) is 29.3 Å². The Balaban J connectivity index is 1.13. The number of likely N-dealkylation sites (tertiary alicyclic amines) is 1. The zero-order valence-electron chi connectivity index (χ0n) is 17.9. The van der Waals surface area contributed by atoms with E-state index in [9.17, 15) is 9.59 Å². The van der Waals surface area contributed by atoms with Crippen LogP contribution in [0.25, 0.3) is 5.65 Å². The molecule has 1 N–H and O–H groups in total. The molecule has 2 fully saturated rings. The maximum atomic E-state index is 12.7. The first-order chi connectivity index (χ1) is 15.7. The number of amides is 2. The lowest BCUT2D eigenvalue weighted by Crippen LogP contribution is -2.42. The molecule has 8 nitrogen and oxygen atoms in total. The molecule has 0 radical (unpaired) electrons. The Labute approximate surface area is 190 Å². The van der Waals surface area contributed by atoms with Crippen LogP contribution in [0.2, 0.25) is 0 Å². The molecule has 32 heavy (non-hydrogen) atoms. The molecule has 0 spiro atoms. The van der Waals surface area contributed by atoms with Gasteiger partial charge < -0.3 is 15.0 Å². The number of aromatic nitrogens is 3. The lowest BCUT2D eigenvalue weighted by molar-refractivity contribution is -0.139. The average Bonchev–Trinajstić information content (AvgIpc) is 3.52. The van der Waals surface area contributed by atoms with Crippen molar-refractivity contribution in [2.24, 2.45) is 5.92 Å². The van der Waals surface area contributed by atoms with Gasteiger partial charge in [-0.2, -0.15) is 5.10 Å². The first kappa shape index (κ1) is 21.1. The molecule has 5 rings (SSSR count). The molecule has 3 aromatic rings. The van der Waals surface area contributed by atoms with E-state index < -0.39 is 0 Å². The number of carbonyl (C=O) groups excluding carboxylic acids is 2. The van der Waals surface area contributed by atoms with Crippen molar-refractivity contribution in [2.75, 3.05) is 26.3 Å². The predicted molar refractivity (Wildman–Crippen MR) is 121 cm³/mol. The third-order valence-electron chi connectivity index (χ3n) is 6.42. The van der Waals surface area contributed by atoms with Gasteiger partial charge in [0.1, 0.15) is 6.33 Å². The van der Waals surface area contributed by atoms with Gasteiger partial charge in [0.15, 0.2) is 5.65 Å². The molecule has 2 amide bonds. The second kappa shape index (κ2) is 9.38. The molecule has 5 heterocycles. The predicted octanol–water partition coefficient (Wildman–Crippen LogP) is 2.85. The molecular formula is C23H27N5O3S. The quantitative estimate of drug-likeness (QED) is 0.642. The first-order valence-electron chi connectivity index (χ1n) is 11.2. The standard InChI is InChI=1S/C23H27N5O3S/c29-22(24-13-16-1-4-21-25-15-26-28(21)14-16)20-3-2-19(32-20)17-5-9-27(10-6-17)23(30)18-7-11-31-12-8-18/h1-4,14-15,17-18H,5-13H2,(H,24,29). The summed E-state index contributed by atoms with van der Waals surface area (Å²) in [4.78, 5) is 33.5. The number of pyridine rings is 1. The number of fused-ring (bicyclic) bond motifs is 1. The smallest absolute Gasteiger partial charge is 0.261 e. The molecule has 0 unspecified atom stereocenters. The minimum Gasteiger partial charge on any atom is -0.381 e. The van der Waals surface area contributed by atoms with Gasteiger partial charge >= 0.3 is 0 Å². The summed E-state index contributed by atoms with van der Waals surface area (Å²) in [5.74, 6) is 0.770. The number of thiophene rings is 1. The molecule has 2 aliphatic rings. The molecule has 3 aromatic heterocycles. The highest BCUT2D eigenvalue weighted by Crippen LogP contribution is 2.34. The van der Waals surface area contributed by atoms with Gasteiger partial charge in [-0.3, -0.25) is 9.59 Å². The van der Waals surface area contributed by atoms with Crippen molar-refractivity contribution in [1.29, 1.82) is 0 Å². The number of hydrogen-bond acceptors (Lipinski definition) is 6. The number of nitrogens with one attached hydrogen (secondary N) is 1. The molecule has 2 aliphatic heterocycles. The van der Waals surface area contributed by atoms with E-state index in [1.54, 1.807) is 15.9 Å². The van der Waals surface area contributed by atoms with Gasteiger partial charge in [-0.25, -0.2) is 9.50 Å². The van der Waals surface area contributed by atoms with Crippen LogP contribution in [0.1, 0.15) is 51.7 Å². The van der Waals surface area contributed by atoms with E-state index in [0.717, 1.165) is 54.9 Å². The van der Waals surface area contributed by atoms with E-state index in [1.165, 1.54) is 11.2 Å². The van der Waals surface area contributed by atoms with Gasteiger partial charge in [0.2, 0.25) is 5.91 Å². The van der Waals surface area contributed by atoms with Gasteiger partial charge in [-0.05, 0) is 55.4 Å². The van der Waals surface area contributed by atoms with Crippen LogP contribution >= 0.6 is 11.3 Å². The molecule has 0 saturated carbocycles. The number of nitrogens with zero attached hydrogens (tertiary/aromatic N) is 4. The summed E-state index contributed by atoms with van der Waals surface area (Å²) in [6, 6.07) is 7.81. The maximum absolute atomic E-state index is 12.7. The van der Waals surface area contributed by atoms with Crippen molar-refractivity contribution < 1.29 is 14.3 Å². The van der Waals surface area contributed by atoms with Gasteiger partial charge in [-0.15, -0.1) is 11.3 Å². The van der Waals surface area contributed by atoms with E-state index in [4.69, 9.17) is 4.74 Å². The normalized spacial score (nSPS) is 18.2. The zero-order chi connectivity index (χ0) is 21.9. The molecule has 9 heteroatoms. The summed E-state index contributed by atoms with van der Waals surface area (Å²) in [6.07, 6.45) is 6.97. The largest absolute Gasteiger partial charge is 0.381 e. The highest BCUT2D eigenvalue weighted by atomic mass is 32.1. The Kier molecular flexibility index (Phi) is 6.18. The highest BCUT2D eigenvalue weighted by Gasteiger charge is 2.30. The fourth-order valence-electron chi connectivity index (χ4n) is 4.51. The minimum atomic E-state index is -0.0629. The SMILES string of the molecule is O=C(NCc1ccc2ncnn2c1)c1ccc(C2CCN(C(=O)C3CCOCC3)CC2)s1. The second-order valence-corrected chi connectivity index (χ2v) is 9.59. The molecule has 168 valence electrons. The summed E-state index contributed by atoms with van der Waals surface area (Å²) < 4.78 is 7.08. The summed E-state index contributed by atoms with van der Waals surface area (Å²) in [5, 5.41) is 7.12. The number of ether oxygens (including phenoxy) is 1. The van der Waals surface area contributed by atoms with Crippen LogP contribution in [-0.2, 0) is 16.1 Å². The average molecular weight is 454 g/mol. The molecule has 0 bridgehead atoms. The summed E-state index contributed by atoms with van der Waals surface area (Å²) in [6.45, 7) is 3.43. The van der Waals surface area contributed by atoms with Gasteiger partial charge in [0.05, 0.1) is 4.88 Å². The number of hydrogen-bond donors (Lipinski definition) is 1. The van der Waals surface area contributed by atoms with Crippen molar-refractivity contribution in [3.63, 3.8) is 0 Å². The summed E-state index contributed by atoms with van der Waals surface area (Å²) in [7, 11) is 0. The summed E-state index contributed by atoms with van der Waals surface area (Å²) in [5.41, 5.74) is 1.75. The van der Waals surface area contributed by atoms with E-state index >= 15 is 0 Å². The van der Waals surface area contributed by atoms with Crippen molar-refractivity contribution in [1.82, 2.24) is 24.8 Å². The molecular weight excluding hydrogens is 426 g/mol. The first-order valence-corrected chi connectivity index (χ1v) is 12.0. The Morgan fingerprint density at radius 3 is 2.72 bits per heavy atom. The van der Waals surface area contributed by atoms with Crippen LogP contribution in [0, 0.1) is 5.92 Å². The van der Waals surface area contributed by atoms with Crippen molar-refractivity contribution in [3.8, 4) is 0 Å². The third-order valence-corrected chi connectivity index (χ3v) is 7.67. The molecule has 0 aromatic carbocycles. The lowest BCUT2D eigenvalue weighted by Gasteiger charge is -2.35. The van der Waals surface area contributed by atoms with Crippen LogP contribution in [0.5, 0.6) is 0 Å². The Hall–Kier alpha value is -2.78. The fourth-order valence-corrected chi connectivity index (χ4v) is 5.61. The van der Waals surface area contributed by atoms with E-state index in [0.29, 0.717) is 31.6 Å². The van der Waals surface area contributed by atoms with Crippen molar-refractivity contribution >= 4 is 28.8 Å². The maximum Gasteiger partial charge on any atom is 0.261 e. The van der Waals surface area contributed by atoms with Crippen LogP contribution in [0.3, 0.4) is 0 Å². The van der Waals surface area contributed by atoms with Gasteiger partial charge in [0.25, 0.3) is 5.91 Å². The van der Waals surface area contributed by atoms with Gasteiger partial charge in [-0.1, -0.05) is 6.07 Å². The van der Waals surface area contributed by atoms with Crippen LogP contribution in [-0.4, -0.2) is 57.6 Å². The third kappa shape index (κ3) is 4.54. The van der Waals surface area contributed by atoms with Crippen molar-refractivity contribution in [2.45, 2.75) is 38.1 Å². The van der Waals surface area contributed by atoms with E-state index in [2.05, 4.69) is 21.5 Å². The topological polar surface area (TPSA) is 88.8 Å². The van der Waals surface area contributed by atoms with Crippen LogP contribution in [0.15, 0.2) is 36.8 Å². The number of rotatable bonds is 5. The zero-order valence-corrected chi connectivity index (χ0v) is 18.7. The van der Waals surface area contributed by atoms with Crippen LogP contribution in [0.4, 0.5) is 0 Å². The minimum absolute atomic E-state index is 0.0629. The monoisotopic (exact) mass is 453 g/mol. The number of carbonyl (C=O) groups is 2. The fraction of sp³-hybridized carbons (Fsp3) is 0.478. The lowest BCUT2D eigenvalue weighted by atomic mass is 9.92. The molecule has 0 aliphatic carbocycles. The van der Waals surface area contributed by atoms with Gasteiger partial charge in [0, 0.05) is 49.8 Å². The Morgan fingerprint density at radius 2 is 1.91 bits per heavy atom. The number of piperidine rings is 1. The van der Waals surface area contributed by atoms with Crippen molar-refractivity contribution in [3.05, 3.63) is 52.1 Å².